The molecule has 0 unspecified atom stereocenters. The van der Waals surface area contributed by atoms with Gasteiger partial charge in [0.1, 0.15) is 15.9 Å². The van der Waals surface area contributed by atoms with Crippen LogP contribution in [0.3, 0.4) is 0 Å². The Morgan fingerprint density at radius 1 is 1.44 bits per heavy atom. The van der Waals surface area contributed by atoms with Crippen LogP contribution in [0, 0.1) is 0 Å². The normalized spacial score (nSPS) is 10.4. The fourth-order valence-electron chi connectivity index (χ4n) is 1.48. The molecule has 0 saturated carbocycles. The summed E-state index contributed by atoms with van der Waals surface area (Å²) in [6, 6.07) is 5.31. The highest BCUT2D eigenvalue weighted by Crippen LogP contribution is 2.28. The molecule has 0 saturated heterocycles. The van der Waals surface area contributed by atoms with Crippen LogP contribution in [0.2, 0.25) is 5.15 Å². The molecule has 0 bridgehead atoms. The molecule has 0 aromatic carbocycles. The van der Waals surface area contributed by atoms with E-state index in [-0.39, 0.29) is 0 Å². The summed E-state index contributed by atoms with van der Waals surface area (Å²) in [7, 11) is 1.35. The van der Waals surface area contributed by atoms with E-state index in [1.807, 2.05) is 13.0 Å². The van der Waals surface area contributed by atoms with Crippen molar-refractivity contribution in [2.75, 3.05) is 7.11 Å². The maximum atomic E-state index is 11.6. The molecule has 0 amide bonds. The van der Waals surface area contributed by atoms with Gasteiger partial charge in [-0.25, -0.2) is 14.8 Å². The van der Waals surface area contributed by atoms with Gasteiger partial charge < -0.3 is 4.74 Å². The van der Waals surface area contributed by atoms with Gasteiger partial charge >= 0.3 is 5.97 Å². The lowest BCUT2D eigenvalue weighted by atomic mass is 10.3. The SMILES string of the molecule is CCc1sc(-c2cccc(Cl)n2)nc1C(=O)OC. The minimum absolute atomic E-state index is 0.363. The molecule has 94 valence electrons. The second kappa shape index (κ2) is 5.46. The van der Waals surface area contributed by atoms with Crippen LogP contribution in [0.15, 0.2) is 18.2 Å². The molecule has 4 nitrogen and oxygen atoms in total. The molecule has 0 aliphatic heterocycles. The van der Waals surface area contributed by atoms with Crippen LogP contribution in [-0.4, -0.2) is 23.0 Å². The summed E-state index contributed by atoms with van der Waals surface area (Å²) in [5.74, 6) is -0.420. The number of pyridine rings is 1. The number of carbonyl (C=O) groups excluding carboxylic acids is 1. The molecule has 6 heteroatoms. The molecular weight excluding hydrogens is 272 g/mol. The van der Waals surface area contributed by atoms with Crippen LogP contribution < -0.4 is 0 Å². The van der Waals surface area contributed by atoms with Gasteiger partial charge in [-0.15, -0.1) is 11.3 Å². The lowest BCUT2D eigenvalue weighted by Gasteiger charge is -1.96. The van der Waals surface area contributed by atoms with E-state index in [4.69, 9.17) is 16.3 Å². The van der Waals surface area contributed by atoms with Crippen molar-refractivity contribution in [2.45, 2.75) is 13.3 Å². The van der Waals surface area contributed by atoms with E-state index >= 15 is 0 Å². The number of halogens is 1. The molecule has 18 heavy (non-hydrogen) atoms. The van der Waals surface area contributed by atoms with Crippen molar-refractivity contribution in [3.8, 4) is 10.7 Å². The summed E-state index contributed by atoms with van der Waals surface area (Å²) in [6.07, 6.45) is 0.725. The van der Waals surface area contributed by atoms with Gasteiger partial charge in [-0.1, -0.05) is 24.6 Å². The highest BCUT2D eigenvalue weighted by molar-refractivity contribution is 7.15. The zero-order chi connectivity index (χ0) is 13.1. The van der Waals surface area contributed by atoms with Gasteiger partial charge in [-0.05, 0) is 18.6 Å². The number of nitrogens with zero attached hydrogens (tertiary/aromatic N) is 2. The van der Waals surface area contributed by atoms with Crippen LogP contribution in [-0.2, 0) is 11.2 Å². The minimum atomic E-state index is -0.420. The molecule has 0 radical (unpaired) electrons. The Kier molecular flexibility index (Phi) is 3.93. The van der Waals surface area contributed by atoms with Crippen molar-refractivity contribution < 1.29 is 9.53 Å². The number of rotatable bonds is 3. The Morgan fingerprint density at radius 3 is 2.83 bits per heavy atom. The molecule has 0 atom stereocenters. The summed E-state index contributed by atoms with van der Waals surface area (Å²) in [6.45, 7) is 1.97. The van der Waals surface area contributed by atoms with E-state index in [1.165, 1.54) is 18.4 Å². The monoisotopic (exact) mass is 282 g/mol. The molecule has 2 rings (SSSR count). The summed E-state index contributed by atoms with van der Waals surface area (Å²) in [5.41, 5.74) is 1.03. The highest BCUT2D eigenvalue weighted by Gasteiger charge is 2.18. The van der Waals surface area contributed by atoms with E-state index in [0.29, 0.717) is 21.5 Å². The first-order valence-electron chi connectivity index (χ1n) is 5.36. The molecule has 0 aliphatic carbocycles. The second-order valence-corrected chi connectivity index (χ2v) is 4.95. The first kappa shape index (κ1) is 13.0. The van der Waals surface area contributed by atoms with Gasteiger partial charge in [0.2, 0.25) is 0 Å². The number of aromatic nitrogens is 2. The fraction of sp³-hybridized carbons (Fsp3) is 0.250. The number of esters is 1. The van der Waals surface area contributed by atoms with Gasteiger partial charge in [0.25, 0.3) is 0 Å². The maximum absolute atomic E-state index is 11.6. The van der Waals surface area contributed by atoms with Crippen molar-refractivity contribution >= 4 is 28.9 Å². The molecule has 2 aromatic heterocycles. The quantitative estimate of drug-likeness (QED) is 0.641. The minimum Gasteiger partial charge on any atom is -0.464 e. The Hall–Kier alpha value is -1.46. The number of hydrogen-bond acceptors (Lipinski definition) is 5. The number of thiazole rings is 1. The first-order valence-corrected chi connectivity index (χ1v) is 6.56. The predicted molar refractivity (Wildman–Crippen MR) is 71.1 cm³/mol. The maximum Gasteiger partial charge on any atom is 0.357 e. The third kappa shape index (κ3) is 2.52. The zero-order valence-electron chi connectivity index (χ0n) is 9.94. The van der Waals surface area contributed by atoms with Gasteiger partial charge in [-0.3, -0.25) is 0 Å². The standard InChI is InChI=1S/C12H11ClN2O2S/c1-3-8-10(12(16)17-2)15-11(18-8)7-5-4-6-9(13)14-7/h4-6H,3H2,1-2H3. The Morgan fingerprint density at radius 2 is 2.22 bits per heavy atom. The van der Waals surface area contributed by atoms with Gasteiger partial charge in [-0.2, -0.15) is 0 Å². The molecule has 0 N–H and O–H groups in total. The smallest absolute Gasteiger partial charge is 0.357 e. The second-order valence-electron chi connectivity index (χ2n) is 3.48. The van der Waals surface area contributed by atoms with Crippen LogP contribution in [0.1, 0.15) is 22.3 Å². The summed E-state index contributed by atoms with van der Waals surface area (Å²) in [5, 5.41) is 1.08. The number of hydrogen-bond donors (Lipinski definition) is 0. The largest absolute Gasteiger partial charge is 0.464 e. The fourth-order valence-corrected chi connectivity index (χ4v) is 2.61. The van der Waals surface area contributed by atoms with Crippen molar-refractivity contribution in [3.05, 3.63) is 33.9 Å². The van der Waals surface area contributed by atoms with E-state index < -0.39 is 5.97 Å². The van der Waals surface area contributed by atoms with Crippen LogP contribution in [0.5, 0.6) is 0 Å². The van der Waals surface area contributed by atoms with E-state index in [0.717, 1.165) is 11.3 Å². The van der Waals surface area contributed by atoms with E-state index in [2.05, 4.69) is 9.97 Å². The van der Waals surface area contributed by atoms with Crippen molar-refractivity contribution in [1.82, 2.24) is 9.97 Å². The van der Waals surface area contributed by atoms with Gasteiger partial charge in [0, 0.05) is 4.88 Å². The number of aryl methyl sites for hydroxylation is 1. The summed E-state index contributed by atoms with van der Waals surface area (Å²) in [4.78, 5) is 20.9. The molecular formula is C12H11ClN2O2S. The van der Waals surface area contributed by atoms with Crippen LogP contribution in [0.4, 0.5) is 0 Å². The third-order valence-electron chi connectivity index (χ3n) is 2.33. The van der Waals surface area contributed by atoms with Crippen molar-refractivity contribution in [2.24, 2.45) is 0 Å². The number of ether oxygens (including phenoxy) is 1. The van der Waals surface area contributed by atoms with Crippen LogP contribution in [0.25, 0.3) is 10.7 Å². The zero-order valence-corrected chi connectivity index (χ0v) is 11.5. The Bertz CT molecular complexity index is 583. The molecule has 0 fully saturated rings. The average molecular weight is 283 g/mol. The highest BCUT2D eigenvalue weighted by atomic mass is 35.5. The Labute approximate surface area is 114 Å². The number of carbonyl (C=O) groups is 1. The summed E-state index contributed by atoms with van der Waals surface area (Å²) >= 11 is 7.27. The summed E-state index contributed by atoms with van der Waals surface area (Å²) < 4.78 is 4.71. The third-order valence-corrected chi connectivity index (χ3v) is 3.76. The molecule has 0 aliphatic rings. The number of methoxy groups -OCH3 is 1. The first-order chi connectivity index (χ1) is 8.65. The van der Waals surface area contributed by atoms with E-state index in [9.17, 15) is 4.79 Å². The van der Waals surface area contributed by atoms with E-state index in [1.54, 1.807) is 12.1 Å². The van der Waals surface area contributed by atoms with Crippen molar-refractivity contribution in [3.63, 3.8) is 0 Å². The Balaban J connectivity index is 2.47. The molecule has 2 heterocycles. The van der Waals surface area contributed by atoms with Crippen LogP contribution >= 0.6 is 22.9 Å². The molecule has 0 spiro atoms. The molecule has 2 aromatic rings. The van der Waals surface area contributed by atoms with Gasteiger partial charge in [0.15, 0.2) is 5.69 Å². The lowest BCUT2D eigenvalue weighted by molar-refractivity contribution is 0.0594. The average Bonchev–Trinajstić information content (AvgIpc) is 2.82. The topological polar surface area (TPSA) is 52.1 Å². The van der Waals surface area contributed by atoms with Crippen molar-refractivity contribution in [1.29, 1.82) is 0 Å². The predicted octanol–water partition coefficient (Wildman–Crippen LogP) is 3.21. The lowest BCUT2D eigenvalue weighted by Crippen LogP contribution is -2.04. The van der Waals surface area contributed by atoms with Gasteiger partial charge in [0.05, 0.1) is 7.11 Å².